The number of ketones is 2. The summed E-state index contributed by atoms with van der Waals surface area (Å²) in [6.07, 6.45) is 1.79. The van der Waals surface area contributed by atoms with Crippen molar-refractivity contribution < 1.29 is 54.2 Å². The predicted molar refractivity (Wildman–Crippen MR) is 175 cm³/mol. The maximum atomic E-state index is 13.6. The minimum atomic E-state index is -1.55. The smallest absolute Gasteiger partial charge is 0.375 e. The molecule has 4 aliphatic rings. The van der Waals surface area contributed by atoms with E-state index >= 15 is 0 Å². The molecule has 268 valence electrons. The number of aliphatic hydroxyl groups is 6. The van der Waals surface area contributed by atoms with E-state index in [2.05, 4.69) is 5.32 Å². The first kappa shape index (κ1) is 38.7. The Morgan fingerprint density at radius 1 is 1.15 bits per heavy atom. The monoisotopic (exact) mass is 715 g/mol. The lowest BCUT2D eigenvalue weighted by molar-refractivity contribution is -0.177. The number of hydrogen-bond acceptors (Lipinski definition) is 12. The SMILES string of the molecule is CNC[C@H](O)[C@@H](O)[C@H](O)[C@H](O)CO.C[C@@H]1C[C@H]2[C@@H]3CCC4=CC(=O)C=C[C@]4(C)[C@@]3(Cl)[C@@H](O)C[C@]2(C)[C@@]1(OC(=O)c1ccco1)C(=O)CCl. The number of furan rings is 1. The van der Waals surface area contributed by atoms with Gasteiger partial charge in [-0.3, -0.25) is 9.59 Å². The quantitative estimate of drug-likeness (QED) is 0.136. The van der Waals surface area contributed by atoms with Gasteiger partial charge in [-0.05, 0) is 68.9 Å². The Morgan fingerprint density at radius 2 is 1.81 bits per heavy atom. The lowest BCUT2D eigenvalue weighted by Crippen LogP contribution is -2.69. The molecule has 14 heteroatoms. The molecule has 12 atom stereocenters. The zero-order valence-corrected chi connectivity index (χ0v) is 29.0. The number of fused-ring (bicyclic) bond motifs is 5. The van der Waals surface area contributed by atoms with Crippen molar-refractivity contribution in [2.45, 2.75) is 87.4 Å². The van der Waals surface area contributed by atoms with E-state index in [9.17, 15) is 24.6 Å². The number of ether oxygens (including phenoxy) is 1. The molecule has 0 spiro atoms. The average molecular weight is 717 g/mol. The summed E-state index contributed by atoms with van der Waals surface area (Å²) in [5, 5.41) is 59.2. The summed E-state index contributed by atoms with van der Waals surface area (Å²) >= 11 is 13.6. The molecule has 4 aliphatic carbocycles. The maximum Gasteiger partial charge on any atom is 0.375 e. The second-order valence-corrected chi connectivity index (χ2v) is 14.8. The molecular formula is C34H47Cl2NO11. The molecule has 1 heterocycles. The number of Topliss-reactive ketones (excluding diaryl/α,β-unsaturated/α-hetero) is 1. The Balaban J connectivity index is 0.000000341. The fourth-order valence-corrected chi connectivity index (χ4v) is 9.70. The van der Waals surface area contributed by atoms with E-state index in [-0.39, 0.29) is 53.9 Å². The van der Waals surface area contributed by atoms with E-state index in [1.807, 2.05) is 26.8 Å². The van der Waals surface area contributed by atoms with Gasteiger partial charge >= 0.3 is 5.97 Å². The third-order valence-corrected chi connectivity index (χ3v) is 12.6. The zero-order valence-electron chi connectivity index (χ0n) is 27.5. The van der Waals surface area contributed by atoms with Gasteiger partial charge in [-0.2, -0.15) is 0 Å². The second-order valence-electron chi connectivity index (χ2n) is 13.9. The topological polar surface area (TPSA) is 207 Å². The van der Waals surface area contributed by atoms with Crippen molar-refractivity contribution in [3.05, 3.63) is 48.0 Å². The van der Waals surface area contributed by atoms with Gasteiger partial charge in [0.25, 0.3) is 0 Å². The van der Waals surface area contributed by atoms with Gasteiger partial charge in [0.05, 0.1) is 35.8 Å². The molecule has 3 fully saturated rings. The Hall–Kier alpha value is -2.13. The number of nitrogens with one attached hydrogen (secondary N) is 1. The third-order valence-electron chi connectivity index (χ3n) is 11.4. The number of carbonyl (C=O) groups is 3. The summed E-state index contributed by atoms with van der Waals surface area (Å²) in [5.74, 6) is -2.12. The highest BCUT2D eigenvalue weighted by atomic mass is 35.5. The van der Waals surface area contributed by atoms with Crippen LogP contribution in [0.3, 0.4) is 0 Å². The van der Waals surface area contributed by atoms with E-state index in [1.165, 1.54) is 18.4 Å². The van der Waals surface area contributed by atoms with Crippen molar-refractivity contribution in [1.82, 2.24) is 5.32 Å². The zero-order chi connectivity index (χ0) is 35.8. The van der Waals surface area contributed by atoms with E-state index in [0.29, 0.717) is 19.3 Å². The number of allylic oxidation sites excluding steroid dienone is 4. The Labute approximate surface area is 289 Å². The van der Waals surface area contributed by atoms with Gasteiger partial charge in [0, 0.05) is 23.3 Å². The van der Waals surface area contributed by atoms with Crippen LogP contribution >= 0.6 is 23.2 Å². The van der Waals surface area contributed by atoms with Crippen molar-refractivity contribution in [3.8, 4) is 0 Å². The van der Waals surface area contributed by atoms with Crippen molar-refractivity contribution in [3.63, 3.8) is 0 Å². The Bertz CT molecular complexity index is 1400. The van der Waals surface area contributed by atoms with Gasteiger partial charge in [0.15, 0.2) is 17.2 Å². The average Bonchev–Trinajstić information content (AvgIpc) is 3.67. The predicted octanol–water partition coefficient (Wildman–Crippen LogP) is 1.51. The standard InChI is InChI=1S/C27H30Cl2O6.C7H17NO5/c1-15-11-19-18-7-6-16-12-17(30)8-9-24(16,2)26(18,29)21(31)13-25(19,3)27(15,22(32)14-28)35-23(33)20-5-4-10-34-20;1-8-2-4(10)6(12)7(13)5(11)3-9/h4-5,8-10,12,15,18-19,21,31H,6-7,11,13-14H2,1-3H3;4-13H,2-3H2,1H3/t15-,18+,19+,21+,24+,25+,26+,27+;4-,5+,6+,7+/m10/s1. The molecule has 0 aromatic carbocycles. The number of rotatable bonds is 10. The van der Waals surface area contributed by atoms with Crippen LogP contribution < -0.4 is 5.32 Å². The number of hydrogen-bond donors (Lipinski definition) is 7. The van der Waals surface area contributed by atoms with Gasteiger partial charge in [-0.15, -0.1) is 23.2 Å². The fourth-order valence-electron chi connectivity index (χ4n) is 8.98. The maximum absolute atomic E-state index is 13.6. The highest BCUT2D eigenvalue weighted by Crippen LogP contribution is 2.72. The van der Waals surface area contributed by atoms with Crippen LogP contribution in [-0.2, 0) is 14.3 Å². The van der Waals surface area contributed by atoms with Crippen LogP contribution in [0.25, 0.3) is 0 Å². The lowest BCUT2D eigenvalue weighted by atomic mass is 9.45. The van der Waals surface area contributed by atoms with Crippen LogP contribution in [0.5, 0.6) is 0 Å². The molecule has 3 saturated carbocycles. The van der Waals surface area contributed by atoms with Crippen molar-refractivity contribution >= 4 is 40.7 Å². The summed E-state index contributed by atoms with van der Waals surface area (Å²) in [5.41, 5.74) is -2.20. The molecular weight excluding hydrogens is 669 g/mol. The summed E-state index contributed by atoms with van der Waals surface area (Å²) in [7, 11) is 1.57. The number of aliphatic hydroxyl groups excluding tert-OH is 6. The largest absolute Gasteiger partial charge is 0.457 e. The van der Waals surface area contributed by atoms with Crippen LogP contribution in [0.2, 0.25) is 0 Å². The van der Waals surface area contributed by atoms with Gasteiger partial charge < -0.3 is 45.1 Å². The number of carbonyl (C=O) groups excluding carboxylic acids is 3. The third kappa shape index (κ3) is 6.11. The molecule has 1 aromatic heterocycles. The molecule has 0 saturated heterocycles. The number of alkyl halides is 2. The lowest BCUT2D eigenvalue weighted by Gasteiger charge is -2.64. The second kappa shape index (κ2) is 14.6. The highest BCUT2D eigenvalue weighted by Gasteiger charge is 2.76. The van der Waals surface area contributed by atoms with E-state index in [0.717, 1.165) is 5.57 Å². The molecule has 48 heavy (non-hydrogen) atoms. The van der Waals surface area contributed by atoms with Crippen molar-refractivity contribution in [2.24, 2.45) is 28.6 Å². The number of esters is 1. The van der Waals surface area contributed by atoms with Gasteiger partial charge in [-0.25, -0.2) is 4.79 Å². The van der Waals surface area contributed by atoms with Gasteiger partial charge in [0.2, 0.25) is 5.76 Å². The van der Waals surface area contributed by atoms with Gasteiger partial charge in [-0.1, -0.05) is 32.4 Å². The molecule has 0 aliphatic heterocycles. The molecule has 0 unspecified atom stereocenters. The number of likely N-dealkylation sites (N-methyl/N-ethyl adjacent to an activating group) is 1. The first-order valence-corrected chi connectivity index (χ1v) is 17.1. The number of halogens is 2. The Morgan fingerprint density at radius 3 is 2.40 bits per heavy atom. The van der Waals surface area contributed by atoms with Crippen LogP contribution in [0.4, 0.5) is 0 Å². The van der Waals surface area contributed by atoms with Crippen LogP contribution in [0.1, 0.15) is 57.0 Å². The minimum absolute atomic E-state index is 0.00557. The first-order valence-electron chi connectivity index (χ1n) is 16.1. The highest BCUT2D eigenvalue weighted by molar-refractivity contribution is 6.29. The molecule has 5 rings (SSSR count). The molecule has 0 radical (unpaired) electrons. The minimum Gasteiger partial charge on any atom is -0.457 e. The van der Waals surface area contributed by atoms with Crippen molar-refractivity contribution in [1.29, 1.82) is 0 Å². The molecule has 1 aromatic rings. The molecule has 7 N–H and O–H groups in total. The van der Waals surface area contributed by atoms with E-state index in [1.54, 1.807) is 19.2 Å². The summed E-state index contributed by atoms with van der Waals surface area (Å²) in [6.45, 7) is 5.25. The summed E-state index contributed by atoms with van der Waals surface area (Å²) in [6, 6.07) is 3.07. The van der Waals surface area contributed by atoms with Crippen LogP contribution in [-0.4, -0.2) is 115 Å². The van der Waals surface area contributed by atoms with Gasteiger partial charge in [0.1, 0.15) is 18.3 Å². The molecule has 0 bridgehead atoms. The van der Waals surface area contributed by atoms with E-state index in [4.69, 9.17) is 52.8 Å². The van der Waals surface area contributed by atoms with Crippen LogP contribution in [0, 0.1) is 28.6 Å². The molecule has 0 amide bonds. The van der Waals surface area contributed by atoms with E-state index < -0.39 is 64.4 Å². The summed E-state index contributed by atoms with van der Waals surface area (Å²) < 4.78 is 11.3. The summed E-state index contributed by atoms with van der Waals surface area (Å²) in [4.78, 5) is 37.7. The normalized spacial score (nSPS) is 37.8. The first-order chi connectivity index (χ1) is 22.5. The Kier molecular flexibility index (Phi) is 11.8. The fraction of sp³-hybridized carbons (Fsp3) is 0.676. The van der Waals surface area contributed by atoms with Crippen molar-refractivity contribution in [2.75, 3.05) is 26.1 Å². The molecule has 12 nitrogen and oxygen atoms in total. The van der Waals surface area contributed by atoms with Crippen LogP contribution in [0.15, 0.2) is 46.6 Å².